The van der Waals surface area contributed by atoms with Crippen molar-refractivity contribution in [2.24, 2.45) is 0 Å². The Hall–Kier alpha value is -1.11. The van der Waals surface area contributed by atoms with Gasteiger partial charge in [0.15, 0.2) is 0 Å². The Balaban J connectivity index is 1.92. The standard InChI is InChI=1S/C15H24N2O3S/c1-12(2)17-21(18,19)15-8-6-14(7-9-15)20-11-13-5-3-4-10-16-13/h6-9,12-13,16-17H,3-5,10-11H2,1-2H3. The fourth-order valence-electron chi connectivity index (χ4n) is 2.36. The second-order valence-electron chi connectivity index (χ2n) is 5.71. The molecule has 0 radical (unpaired) electrons. The summed E-state index contributed by atoms with van der Waals surface area (Å²) in [5.74, 6) is 0.700. The average Bonchev–Trinajstić information content (AvgIpc) is 2.45. The second-order valence-corrected chi connectivity index (χ2v) is 7.42. The van der Waals surface area contributed by atoms with Gasteiger partial charge in [0.1, 0.15) is 12.4 Å². The van der Waals surface area contributed by atoms with E-state index < -0.39 is 10.0 Å². The highest BCUT2D eigenvalue weighted by atomic mass is 32.2. The first-order valence-corrected chi connectivity index (χ1v) is 8.94. The van der Waals surface area contributed by atoms with E-state index >= 15 is 0 Å². The number of hydrogen-bond acceptors (Lipinski definition) is 4. The molecular weight excluding hydrogens is 288 g/mol. The molecule has 1 fully saturated rings. The molecule has 21 heavy (non-hydrogen) atoms. The molecule has 118 valence electrons. The molecule has 1 aliphatic rings. The summed E-state index contributed by atoms with van der Waals surface area (Å²) in [5.41, 5.74) is 0. The van der Waals surface area contributed by atoms with E-state index in [9.17, 15) is 8.42 Å². The van der Waals surface area contributed by atoms with Crippen LogP contribution in [0.2, 0.25) is 0 Å². The predicted molar refractivity (Wildman–Crippen MR) is 83.0 cm³/mol. The molecule has 0 amide bonds. The van der Waals surface area contributed by atoms with Crippen molar-refractivity contribution in [1.82, 2.24) is 10.0 Å². The van der Waals surface area contributed by atoms with Crippen LogP contribution in [0.25, 0.3) is 0 Å². The van der Waals surface area contributed by atoms with Crippen molar-refractivity contribution in [3.05, 3.63) is 24.3 Å². The highest BCUT2D eigenvalue weighted by molar-refractivity contribution is 7.89. The van der Waals surface area contributed by atoms with Crippen molar-refractivity contribution in [2.45, 2.75) is 50.1 Å². The maximum Gasteiger partial charge on any atom is 0.240 e. The summed E-state index contributed by atoms with van der Waals surface area (Å²) in [7, 11) is -3.43. The van der Waals surface area contributed by atoms with Crippen molar-refractivity contribution < 1.29 is 13.2 Å². The van der Waals surface area contributed by atoms with Gasteiger partial charge >= 0.3 is 0 Å². The maximum absolute atomic E-state index is 12.0. The van der Waals surface area contributed by atoms with Crippen LogP contribution in [0, 0.1) is 0 Å². The van der Waals surface area contributed by atoms with E-state index in [0.29, 0.717) is 18.4 Å². The lowest BCUT2D eigenvalue weighted by Crippen LogP contribution is -2.38. The van der Waals surface area contributed by atoms with E-state index in [1.807, 2.05) is 0 Å². The van der Waals surface area contributed by atoms with E-state index in [4.69, 9.17) is 4.74 Å². The van der Waals surface area contributed by atoms with Gasteiger partial charge in [0.05, 0.1) is 4.90 Å². The third-order valence-corrected chi connectivity index (χ3v) is 5.06. The number of nitrogens with one attached hydrogen (secondary N) is 2. The number of ether oxygens (including phenoxy) is 1. The van der Waals surface area contributed by atoms with Crippen LogP contribution in [-0.4, -0.2) is 33.7 Å². The Kier molecular flexibility index (Phi) is 5.61. The van der Waals surface area contributed by atoms with Gasteiger partial charge in [-0.1, -0.05) is 6.42 Å². The summed E-state index contributed by atoms with van der Waals surface area (Å²) < 4.78 is 32.3. The zero-order valence-electron chi connectivity index (χ0n) is 12.6. The molecule has 1 aromatic carbocycles. The molecule has 0 spiro atoms. The summed E-state index contributed by atoms with van der Waals surface area (Å²) in [6.07, 6.45) is 3.59. The Morgan fingerprint density at radius 3 is 2.57 bits per heavy atom. The molecule has 5 nitrogen and oxygen atoms in total. The van der Waals surface area contributed by atoms with E-state index in [0.717, 1.165) is 13.0 Å². The minimum Gasteiger partial charge on any atom is -0.492 e. The van der Waals surface area contributed by atoms with Crippen LogP contribution in [0.3, 0.4) is 0 Å². The minimum absolute atomic E-state index is 0.122. The van der Waals surface area contributed by atoms with Crippen molar-refractivity contribution in [2.75, 3.05) is 13.2 Å². The molecule has 1 atom stereocenters. The number of piperidine rings is 1. The highest BCUT2D eigenvalue weighted by Crippen LogP contribution is 2.17. The van der Waals surface area contributed by atoms with E-state index in [2.05, 4.69) is 10.0 Å². The molecule has 0 aliphatic carbocycles. The van der Waals surface area contributed by atoms with E-state index in [1.54, 1.807) is 38.1 Å². The second kappa shape index (κ2) is 7.24. The van der Waals surface area contributed by atoms with Gasteiger partial charge in [0.2, 0.25) is 10.0 Å². The lowest BCUT2D eigenvalue weighted by atomic mass is 10.1. The van der Waals surface area contributed by atoms with Crippen LogP contribution in [0.15, 0.2) is 29.2 Å². The minimum atomic E-state index is -3.43. The Bertz CT molecular complexity index is 535. The molecule has 1 aliphatic heterocycles. The lowest BCUT2D eigenvalue weighted by Gasteiger charge is -2.23. The van der Waals surface area contributed by atoms with Gasteiger partial charge < -0.3 is 10.1 Å². The fourth-order valence-corrected chi connectivity index (χ4v) is 3.61. The molecule has 1 unspecified atom stereocenters. The highest BCUT2D eigenvalue weighted by Gasteiger charge is 2.16. The fraction of sp³-hybridized carbons (Fsp3) is 0.600. The Labute approximate surface area is 127 Å². The average molecular weight is 312 g/mol. The summed E-state index contributed by atoms with van der Waals surface area (Å²) in [6, 6.07) is 6.84. The molecule has 2 rings (SSSR count). The van der Waals surface area contributed by atoms with E-state index in [-0.39, 0.29) is 10.9 Å². The van der Waals surface area contributed by atoms with Gasteiger partial charge in [-0.3, -0.25) is 0 Å². The zero-order chi connectivity index (χ0) is 15.3. The van der Waals surface area contributed by atoms with Gasteiger partial charge in [-0.05, 0) is 57.5 Å². The van der Waals surface area contributed by atoms with Gasteiger partial charge in [-0.15, -0.1) is 0 Å². The quantitative estimate of drug-likeness (QED) is 0.842. The topological polar surface area (TPSA) is 67.4 Å². The summed E-state index contributed by atoms with van der Waals surface area (Å²) in [4.78, 5) is 0.263. The third kappa shape index (κ3) is 4.98. The van der Waals surface area contributed by atoms with Gasteiger partial charge in [-0.25, -0.2) is 13.1 Å². The first kappa shape index (κ1) is 16.3. The maximum atomic E-state index is 12.0. The summed E-state index contributed by atoms with van der Waals surface area (Å²) in [6.45, 7) is 5.26. The van der Waals surface area contributed by atoms with Crippen molar-refractivity contribution in [1.29, 1.82) is 0 Å². The molecule has 0 bridgehead atoms. The van der Waals surface area contributed by atoms with Crippen LogP contribution in [0.4, 0.5) is 0 Å². The molecule has 1 heterocycles. The molecule has 2 N–H and O–H groups in total. The molecular formula is C15H24N2O3S. The molecule has 0 aromatic heterocycles. The van der Waals surface area contributed by atoms with Crippen LogP contribution in [-0.2, 0) is 10.0 Å². The number of rotatable bonds is 6. The number of sulfonamides is 1. The Morgan fingerprint density at radius 2 is 2.00 bits per heavy atom. The SMILES string of the molecule is CC(C)NS(=O)(=O)c1ccc(OCC2CCCCN2)cc1. The van der Waals surface area contributed by atoms with Crippen molar-refractivity contribution in [3.8, 4) is 5.75 Å². The van der Waals surface area contributed by atoms with Crippen molar-refractivity contribution in [3.63, 3.8) is 0 Å². The normalized spacial score (nSPS) is 19.7. The van der Waals surface area contributed by atoms with Gasteiger partial charge in [0.25, 0.3) is 0 Å². The zero-order valence-corrected chi connectivity index (χ0v) is 13.4. The third-order valence-electron chi connectivity index (χ3n) is 3.39. The molecule has 1 saturated heterocycles. The largest absolute Gasteiger partial charge is 0.492 e. The predicted octanol–water partition coefficient (Wildman–Crippen LogP) is 1.89. The van der Waals surface area contributed by atoms with Gasteiger partial charge in [0, 0.05) is 12.1 Å². The van der Waals surface area contributed by atoms with Crippen LogP contribution in [0.5, 0.6) is 5.75 Å². The monoisotopic (exact) mass is 312 g/mol. The summed E-state index contributed by atoms with van der Waals surface area (Å²) in [5, 5.41) is 3.42. The lowest BCUT2D eigenvalue weighted by molar-refractivity contribution is 0.239. The van der Waals surface area contributed by atoms with Crippen LogP contribution in [0.1, 0.15) is 33.1 Å². The summed E-state index contributed by atoms with van der Waals surface area (Å²) >= 11 is 0. The molecule has 0 saturated carbocycles. The smallest absolute Gasteiger partial charge is 0.240 e. The number of hydrogen-bond donors (Lipinski definition) is 2. The van der Waals surface area contributed by atoms with Crippen LogP contribution >= 0.6 is 0 Å². The van der Waals surface area contributed by atoms with E-state index in [1.165, 1.54) is 12.8 Å². The molecule has 1 aromatic rings. The molecule has 6 heteroatoms. The van der Waals surface area contributed by atoms with Crippen molar-refractivity contribution >= 4 is 10.0 Å². The van der Waals surface area contributed by atoms with Crippen LogP contribution < -0.4 is 14.8 Å². The first-order chi connectivity index (χ1) is 9.97. The Morgan fingerprint density at radius 1 is 1.29 bits per heavy atom. The number of benzene rings is 1. The van der Waals surface area contributed by atoms with Gasteiger partial charge in [-0.2, -0.15) is 0 Å². The first-order valence-electron chi connectivity index (χ1n) is 7.46.